The minimum absolute atomic E-state index is 0.0771. The van der Waals surface area contributed by atoms with Gasteiger partial charge in [-0.2, -0.15) is 13.2 Å². The SMILES string of the molecule is CCCCCC[C@@H]1CCc2c(ccc3ccccc23)[C@H]1c1ccc(C(F)(F)F)c(F)c1. The van der Waals surface area contributed by atoms with Crippen LogP contribution in [0.25, 0.3) is 10.8 Å². The zero-order valence-electron chi connectivity index (χ0n) is 17.8. The first-order valence-corrected chi connectivity index (χ1v) is 11.3. The van der Waals surface area contributed by atoms with Crippen LogP contribution in [0.3, 0.4) is 0 Å². The molecule has 1 aliphatic carbocycles. The van der Waals surface area contributed by atoms with Crippen molar-refractivity contribution < 1.29 is 17.6 Å². The fraction of sp³-hybridized carbons (Fsp3) is 0.407. The standard InChI is InChI=1S/C27H28F4/c1-2-3-4-5-9-19-12-14-22-21-10-7-6-8-18(21)11-15-23(22)26(19)20-13-16-24(25(28)17-20)27(29,30)31/h6-8,10-11,13,15-17,19,26H,2-5,9,12,14H2,1H3/t19-,26-/m1/s1. The normalized spacial score (nSPS) is 18.9. The van der Waals surface area contributed by atoms with Crippen molar-refractivity contribution in [3.8, 4) is 0 Å². The van der Waals surface area contributed by atoms with Gasteiger partial charge in [-0.1, -0.05) is 75.1 Å². The fourth-order valence-electron chi connectivity index (χ4n) is 5.22. The number of aryl methyl sites for hydroxylation is 1. The van der Waals surface area contributed by atoms with Crippen LogP contribution in [0.15, 0.2) is 54.6 Å². The summed E-state index contributed by atoms with van der Waals surface area (Å²) in [6.45, 7) is 2.18. The average molecular weight is 429 g/mol. The van der Waals surface area contributed by atoms with Crippen LogP contribution >= 0.6 is 0 Å². The average Bonchev–Trinajstić information content (AvgIpc) is 2.75. The van der Waals surface area contributed by atoms with Gasteiger partial charge in [-0.05, 0) is 64.8 Å². The first kappa shape index (κ1) is 21.9. The Kier molecular flexibility index (Phi) is 6.36. The third-order valence-electron chi connectivity index (χ3n) is 6.73. The molecule has 0 unspecified atom stereocenters. The van der Waals surface area contributed by atoms with Gasteiger partial charge in [0.2, 0.25) is 0 Å². The third-order valence-corrected chi connectivity index (χ3v) is 6.73. The van der Waals surface area contributed by atoms with E-state index < -0.39 is 17.6 Å². The first-order chi connectivity index (χ1) is 14.9. The molecule has 0 aromatic heterocycles. The molecule has 0 heterocycles. The number of hydrogen-bond acceptors (Lipinski definition) is 0. The maximum absolute atomic E-state index is 14.5. The van der Waals surface area contributed by atoms with Crippen LogP contribution in [-0.4, -0.2) is 0 Å². The Balaban J connectivity index is 1.77. The quantitative estimate of drug-likeness (QED) is 0.272. The Hall–Kier alpha value is -2.36. The molecule has 164 valence electrons. The summed E-state index contributed by atoms with van der Waals surface area (Å²) in [4.78, 5) is 0. The molecule has 1 aliphatic rings. The van der Waals surface area contributed by atoms with Crippen molar-refractivity contribution in [3.63, 3.8) is 0 Å². The van der Waals surface area contributed by atoms with E-state index >= 15 is 0 Å². The van der Waals surface area contributed by atoms with Crippen molar-refractivity contribution in [1.29, 1.82) is 0 Å². The van der Waals surface area contributed by atoms with Crippen LogP contribution < -0.4 is 0 Å². The van der Waals surface area contributed by atoms with Gasteiger partial charge in [0.25, 0.3) is 0 Å². The molecule has 0 saturated heterocycles. The molecular formula is C27H28F4. The maximum Gasteiger partial charge on any atom is 0.419 e. The Morgan fingerprint density at radius 1 is 0.935 bits per heavy atom. The summed E-state index contributed by atoms with van der Waals surface area (Å²) in [5, 5.41) is 2.36. The van der Waals surface area contributed by atoms with Crippen LogP contribution in [0.2, 0.25) is 0 Å². The van der Waals surface area contributed by atoms with Crippen molar-refractivity contribution in [2.45, 2.75) is 64.0 Å². The van der Waals surface area contributed by atoms with Gasteiger partial charge in [0.15, 0.2) is 0 Å². The first-order valence-electron chi connectivity index (χ1n) is 11.3. The van der Waals surface area contributed by atoms with Gasteiger partial charge in [0.1, 0.15) is 5.82 Å². The number of fused-ring (bicyclic) bond motifs is 3. The predicted octanol–water partition coefficient (Wildman–Crippen LogP) is 8.66. The van der Waals surface area contributed by atoms with E-state index in [1.54, 1.807) is 0 Å². The summed E-state index contributed by atoms with van der Waals surface area (Å²) in [6, 6.07) is 15.9. The Morgan fingerprint density at radius 3 is 2.48 bits per heavy atom. The van der Waals surface area contributed by atoms with Gasteiger partial charge in [0.05, 0.1) is 5.56 Å². The maximum atomic E-state index is 14.5. The highest BCUT2D eigenvalue weighted by Crippen LogP contribution is 2.46. The zero-order chi connectivity index (χ0) is 22.0. The summed E-state index contributed by atoms with van der Waals surface area (Å²) in [6.07, 6.45) is 2.87. The summed E-state index contributed by atoms with van der Waals surface area (Å²) in [5.41, 5.74) is 1.87. The van der Waals surface area contributed by atoms with E-state index in [-0.39, 0.29) is 5.92 Å². The monoisotopic (exact) mass is 428 g/mol. The summed E-state index contributed by atoms with van der Waals surface area (Å²) >= 11 is 0. The largest absolute Gasteiger partial charge is 0.419 e. The van der Waals surface area contributed by atoms with E-state index in [1.165, 1.54) is 28.8 Å². The molecule has 3 aromatic carbocycles. The summed E-state index contributed by atoms with van der Waals surface area (Å²) in [5.74, 6) is -0.948. The van der Waals surface area contributed by atoms with Crippen molar-refractivity contribution in [1.82, 2.24) is 0 Å². The van der Waals surface area contributed by atoms with Gasteiger partial charge in [0, 0.05) is 5.92 Å². The lowest BCUT2D eigenvalue weighted by atomic mass is 9.69. The van der Waals surface area contributed by atoms with E-state index in [4.69, 9.17) is 0 Å². The molecule has 4 heteroatoms. The van der Waals surface area contributed by atoms with Gasteiger partial charge in [-0.25, -0.2) is 4.39 Å². The van der Waals surface area contributed by atoms with E-state index in [0.29, 0.717) is 11.5 Å². The molecule has 0 nitrogen and oxygen atoms in total. The van der Waals surface area contributed by atoms with Crippen molar-refractivity contribution in [3.05, 3.63) is 82.7 Å². The molecule has 0 fully saturated rings. The van der Waals surface area contributed by atoms with E-state index in [1.807, 2.05) is 12.1 Å². The van der Waals surface area contributed by atoms with Crippen LogP contribution in [0.5, 0.6) is 0 Å². The van der Waals surface area contributed by atoms with Crippen molar-refractivity contribution in [2.24, 2.45) is 5.92 Å². The van der Waals surface area contributed by atoms with Crippen LogP contribution in [0, 0.1) is 11.7 Å². The topological polar surface area (TPSA) is 0 Å². The number of unbranched alkanes of at least 4 members (excludes halogenated alkanes) is 3. The number of hydrogen-bond donors (Lipinski definition) is 0. The Morgan fingerprint density at radius 2 is 1.74 bits per heavy atom. The lowest BCUT2D eigenvalue weighted by Crippen LogP contribution is -2.23. The minimum Gasteiger partial charge on any atom is -0.206 e. The molecule has 3 aromatic rings. The minimum atomic E-state index is -4.68. The van der Waals surface area contributed by atoms with Crippen molar-refractivity contribution >= 4 is 10.8 Å². The lowest BCUT2D eigenvalue weighted by molar-refractivity contribution is -0.140. The number of benzene rings is 3. The molecule has 31 heavy (non-hydrogen) atoms. The van der Waals surface area contributed by atoms with Crippen LogP contribution in [-0.2, 0) is 12.6 Å². The molecule has 0 bridgehead atoms. The highest BCUT2D eigenvalue weighted by atomic mass is 19.4. The number of alkyl halides is 3. The van der Waals surface area contributed by atoms with Gasteiger partial charge >= 0.3 is 6.18 Å². The highest BCUT2D eigenvalue weighted by molar-refractivity contribution is 5.87. The van der Waals surface area contributed by atoms with Gasteiger partial charge < -0.3 is 0 Å². The lowest BCUT2D eigenvalue weighted by Gasteiger charge is -2.35. The molecule has 0 saturated carbocycles. The van der Waals surface area contributed by atoms with E-state index in [2.05, 4.69) is 31.2 Å². The van der Waals surface area contributed by atoms with Gasteiger partial charge in [-0.15, -0.1) is 0 Å². The molecule has 0 radical (unpaired) electrons. The van der Waals surface area contributed by atoms with Crippen LogP contribution in [0.1, 0.15) is 73.6 Å². The Bertz CT molecular complexity index is 1050. The summed E-state index contributed by atoms with van der Waals surface area (Å²) < 4.78 is 53.8. The second kappa shape index (κ2) is 9.02. The van der Waals surface area contributed by atoms with E-state index in [9.17, 15) is 17.6 Å². The molecule has 0 aliphatic heterocycles. The van der Waals surface area contributed by atoms with Gasteiger partial charge in [-0.3, -0.25) is 0 Å². The molecule has 2 atom stereocenters. The second-order valence-electron chi connectivity index (χ2n) is 8.72. The molecule has 4 rings (SSSR count). The second-order valence-corrected chi connectivity index (χ2v) is 8.72. The Labute approximate surface area is 181 Å². The zero-order valence-corrected chi connectivity index (χ0v) is 17.8. The smallest absolute Gasteiger partial charge is 0.206 e. The molecule has 0 N–H and O–H groups in total. The number of halogens is 4. The highest BCUT2D eigenvalue weighted by Gasteiger charge is 2.36. The summed E-state index contributed by atoms with van der Waals surface area (Å²) in [7, 11) is 0. The molecule has 0 spiro atoms. The van der Waals surface area contributed by atoms with E-state index in [0.717, 1.165) is 56.2 Å². The molecule has 0 amide bonds. The number of rotatable bonds is 6. The van der Waals surface area contributed by atoms with Crippen molar-refractivity contribution in [2.75, 3.05) is 0 Å². The molecular weight excluding hydrogens is 400 g/mol. The fourth-order valence-corrected chi connectivity index (χ4v) is 5.22. The predicted molar refractivity (Wildman–Crippen MR) is 118 cm³/mol. The third kappa shape index (κ3) is 4.49. The van der Waals surface area contributed by atoms with Crippen LogP contribution in [0.4, 0.5) is 17.6 Å².